The summed E-state index contributed by atoms with van der Waals surface area (Å²) in [6.45, 7) is 7.28. The van der Waals surface area contributed by atoms with Gasteiger partial charge in [0.2, 0.25) is 5.91 Å². The van der Waals surface area contributed by atoms with Crippen molar-refractivity contribution in [2.75, 3.05) is 26.2 Å². The van der Waals surface area contributed by atoms with Crippen molar-refractivity contribution < 1.29 is 4.79 Å². The van der Waals surface area contributed by atoms with Crippen molar-refractivity contribution in [3.63, 3.8) is 0 Å². The van der Waals surface area contributed by atoms with Gasteiger partial charge >= 0.3 is 0 Å². The van der Waals surface area contributed by atoms with Crippen LogP contribution in [0.2, 0.25) is 0 Å². The Morgan fingerprint density at radius 2 is 2.00 bits per heavy atom. The lowest BCUT2D eigenvalue weighted by Gasteiger charge is -2.27. The Hall–Kier alpha value is -0.680. The zero-order valence-electron chi connectivity index (χ0n) is 10.8. The van der Waals surface area contributed by atoms with E-state index in [0.717, 1.165) is 32.5 Å². The molecule has 1 amide bonds. The van der Waals surface area contributed by atoms with E-state index in [-0.39, 0.29) is 5.91 Å². The summed E-state index contributed by atoms with van der Waals surface area (Å²) in [5.74, 6) is 0.235. The van der Waals surface area contributed by atoms with Crippen molar-refractivity contribution in [3.8, 4) is 0 Å². The quantitative estimate of drug-likeness (QED) is 0.721. The monoisotopic (exact) mass is 257 g/mol. The van der Waals surface area contributed by atoms with Crippen LogP contribution in [0.25, 0.3) is 0 Å². The Balaban J connectivity index is 2.42. The Morgan fingerprint density at radius 3 is 2.47 bits per heavy atom. The summed E-state index contributed by atoms with van der Waals surface area (Å²) in [6, 6.07) is 0.343. The molecule has 17 heavy (non-hydrogen) atoms. The SMILES string of the molecule is CC(C)N(CCC(N)=S)CC(=O)N1CCCC1. The van der Waals surface area contributed by atoms with E-state index in [9.17, 15) is 4.79 Å². The second kappa shape index (κ2) is 6.91. The Kier molecular flexibility index (Phi) is 5.85. The molecule has 0 aromatic heterocycles. The van der Waals surface area contributed by atoms with Gasteiger partial charge in [-0.2, -0.15) is 0 Å². The molecule has 0 atom stereocenters. The second-order valence-corrected chi connectivity index (χ2v) is 5.39. The highest BCUT2D eigenvalue weighted by Crippen LogP contribution is 2.09. The van der Waals surface area contributed by atoms with Crippen LogP contribution < -0.4 is 5.73 Å². The van der Waals surface area contributed by atoms with Crippen LogP contribution in [0.5, 0.6) is 0 Å². The number of rotatable bonds is 6. The molecule has 1 heterocycles. The van der Waals surface area contributed by atoms with Gasteiger partial charge in [-0.25, -0.2) is 0 Å². The van der Waals surface area contributed by atoms with E-state index < -0.39 is 0 Å². The molecule has 0 aromatic carbocycles. The summed E-state index contributed by atoms with van der Waals surface area (Å²) in [5.41, 5.74) is 5.50. The Morgan fingerprint density at radius 1 is 1.41 bits per heavy atom. The third-order valence-corrected chi connectivity index (χ3v) is 3.38. The lowest BCUT2D eigenvalue weighted by Crippen LogP contribution is -2.43. The molecule has 1 aliphatic rings. The molecule has 4 nitrogen and oxygen atoms in total. The molecule has 0 bridgehead atoms. The Bertz CT molecular complexity index is 275. The number of likely N-dealkylation sites (tertiary alicyclic amines) is 1. The van der Waals surface area contributed by atoms with Gasteiger partial charge in [-0.1, -0.05) is 12.2 Å². The van der Waals surface area contributed by atoms with E-state index >= 15 is 0 Å². The molecule has 0 saturated carbocycles. The number of carbonyl (C=O) groups is 1. The minimum atomic E-state index is 0.235. The van der Waals surface area contributed by atoms with Crippen molar-refractivity contribution in [1.82, 2.24) is 9.80 Å². The summed E-state index contributed by atoms with van der Waals surface area (Å²) in [7, 11) is 0. The molecule has 0 radical (unpaired) electrons. The van der Waals surface area contributed by atoms with Gasteiger partial charge in [0.1, 0.15) is 0 Å². The number of amides is 1. The minimum Gasteiger partial charge on any atom is -0.393 e. The smallest absolute Gasteiger partial charge is 0.236 e. The summed E-state index contributed by atoms with van der Waals surface area (Å²) in [6.07, 6.45) is 2.96. The first-order valence-electron chi connectivity index (χ1n) is 6.31. The van der Waals surface area contributed by atoms with Crippen LogP contribution >= 0.6 is 12.2 Å². The van der Waals surface area contributed by atoms with Crippen molar-refractivity contribution in [2.45, 2.75) is 39.2 Å². The first-order chi connectivity index (χ1) is 8.00. The maximum Gasteiger partial charge on any atom is 0.236 e. The molecule has 0 aliphatic carbocycles. The fourth-order valence-electron chi connectivity index (χ4n) is 2.01. The average molecular weight is 257 g/mol. The van der Waals surface area contributed by atoms with Gasteiger partial charge in [-0.3, -0.25) is 9.69 Å². The number of hydrogen-bond donors (Lipinski definition) is 1. The van der Waals surface area contributed by atoms with Crippen molar-refractivity contribution in [1.29, 1.82) is 0 Å². The summed E-state index contributed by atoms with van der Waals surface area (Å²) in [4.78, 5) is 16.6. The molecule has 98 valence electrons. The van der Waals surface area contributed by atoms with E-state index in [0.29, 0.717) is 24.0 Å². The van der Waals surface area contributed by atoms with Gasteiger partial charge in [0, 0.05) is 32.1 Å². The Labute approximate surface area is 109 Å². The maximum absolute atomic E-state index is 12.0. The van der Waals surface area contributed by atoms with Crippen LogP contribution in [0.1, 0.15) is 33.1 Å². The van der Waals surface area contributed by atoms with Crippen LogP contribution in [0, 0.1) is 0 Å². The van der Waals surface area contributed by atoms with Crippen LogP contribution in [0.3, 0.4) is 0 Å². The lowest BCUT2D eigenvalue weighted by molar-refractivity contribution is -0.131. The summed E-state index contributed by atoms with van der Waals surface area (Å²) >= 11 is 4.88. The van der Waals surface area contributed by atoms with E-state index in [1.807, 2.05) is 4.90 Å². The molecule has 1 rings (SSSR count). The topological polar surface area (TPSA) is 49.6 Å². The molecule has 1 aliphatic heterocycles. The predicted molar refractivity (Wildman–Crippen MR) is 73.9 cm³/mol. The summed E-state index contributed by atoms with van der Waals surface area (Å²) in [5, 5.41) is 0. The van der Waals surface area contributed by atoms with E-state index in [4.69, 9.17) is 18.0 Å². The molecule has 2 N–H and O–H groups in total. The van der Waals surface area contributed by atoms with Crippen LogP contribution in [-0.4, -0.2) is 52.9 Å². The van der Waals surface area contributed by atoms with Crippen molar-refractivity contribution in [2.24, 2.45) is 5.73 Å². The zero-order chi connectivity index (χ0) is 12.8. The van der Waals surface area contributed by atoms with Gasteiger partial charge in [-0.05, 0) is 26.7 Å². The van der Waals surface area contributed by atoms with E-state index in [2.05, 4.69) is 18.7 Å². The van der Waals surface area contributed by atoms with Gasteiger partial charge in [-0.15, -0.1) is 0 Å². The normalized spacial score (nSPS) is 15.9. The third-order valence-electron chi connectivity index (χ3n) is 3.17. The maximum atomic E-state index is 12.0. The van der Waals surface area contributed by atoms with Crippen LogP contribution in [-0.2, 0) is 4.79 Å². The first-order valence-corrected chi connectivity index (χ1v) is 6.71. The fraction of sp³-hybridized carbons (Fsp3) is 0.833. The molecule has 1 saturated heterocycles. The predicted octanol–water partition coefficient (Wildman–Crippen LogP) is 0.995. The molecule has 0 spiro atoms. The van der Waals surface area contributed by atoms with E-state index in [1.54, 1.807) is 0 Å². The van der Waals surface area contributed by atoms with Gasteiger partial charge in [0.15, 0.2) is 0 Å². The molecule has 0 unspecified atom stereocenters. The van der Waals surface area contributed by atoms with Gasteiger partial charge < -0.3 is 10.6 Å². The molecule has 1 fully saturated rings. The van der Waals surface area contributed by atoms with Gasteiger partial charge in [0.25, 0.3) is 0 Å². The second-order valence-electron chi connectivity index (χ2n) is 4.87. The molecular weight excluding hydrogens is 234 g/mol. The molecule has 0 aromatic rings. The highest BCUT2D eigenvalue weighted by molar-refractivity contribution is 7.80. The largest absolute Gasteiger partial charge is 0.393 e. The molecular formula is C12H23N3OS. The van der Waals surface area contributed by atoms with Crippen molar-refractivity contribution >= 4 is 23.1 Å². The highest BCUT2D eigenvalue weighted by Gasteiger charge is 2.21. The van der Waals surface area contributed by atoms with Crippen molar-refractivity contribution in [3.05, 3.63) is 0 Å². The summed E-state index contributed by atoms with van der Waals surface area (Å²) < 4.78 is 0. The van der Waals surface area contributed by atoms with E-state index in [1.165, 1.54) is 0 Å². The number of thiocarbonyl (C=S) groups is 1. The first kappa shape index (κ1) is 14.4. The van der Waals surface area contributed by atoms with Crippen LogP contribution in [0.15, 0.2) is 0 Å². The number of carbonyl (C=O) groups excluding carboxylic acids is 1. The lowest BCUT2D eigenvalue weighted by atomic mass is 10.2. The zero-order valence-corrected chi connectivity index (χ0v) is 11.6. The standard InChI is InChI=1S/C12H23N3OS/c1-10(2)15(8-5-11(13)17)9-12(16)14-6-3-4-7-14/h10H,3-9H2,1-2H3,(H2,13,17). The highest BCUT2D eigenvalue weighted by atomic mass is 32.1. The molecule has 5 heteroatoms. The third kappa shape index (κ3) is 5.00. The fourth-order valence-corrected chi connectivity index (χ4v) is 2.11. The number of nitrogens with zero attached hydrogens (tertiary/aromatic N) is 2. The van der Waals surface area contributed by atoms with Gasteiger partial charge in [0.05, 0.1) is 11.5 Å². The number of nitrogens with two attached hydrogens (primary N) is 1. The van der Waals surface area contributed by atoms with Crippen LogP contribution in [0.4, 0.5) is 0 Å². The average Bonchev–Trinajstić information content (AvgIpc) is 2.76. The minimum absolute atomic E-state index is 0.235. The number of hydrogen-bond acceptors (Lipinski definition) is 3.